The first-order valence-corrected chi connectivity index (χ1v) is 8.26. The Morgan fingerprint density at radius 3 is 2.24 bits per heavy atom. The summed E-state index contributed by atoms with van der Waals surface area (Å²) in [4.78, 5) is 27.3. The fourth-order valence-electron chi connectivity index (χ4n) is 2.75. The first-order chi connectivity index (χ1) is 12.0. The zero-order valence-corrected chi connectivity index (χ0v) is 14.4. The highest BCUT2D eigenvalue weighted by Crippen LogP contribution is 2.18. The number of carbonyl (C=O) groups is 2. The van der Waals surface area contributed by atoms with Crippen molar-refractivity contribution in [3.8, 4) is 0 Å². The van der Waals surface area contributed by atoms with E-state index in [2.05, 4.69) is 15.5 Å². The third kappa shape index (κ3) is 3.93. The van der Waals surface area contributed by atoms with Crippen molar-refractivity contribution < 1.29 is 9.59 Å². The number of hydrogen-bond acceptors (Lipinski definition) is 5. The molecular weight excluding hydrogens is 318 g/mol. The molecule has 1 aliphatic rings. The molecule has 1 aromatic carbocycles. The van der Waals surface area contributed by atoms with Gasteiger partial charge in [0.15, 0.2) is 11.5 Å². The second-order valence-electron chi connectivity index (χ2n) is 6.04. The summed E-state index contributed by atoms with van der Waals surface area (Å²) in [6, 6.07) is 11.3. The number of carbonyl (C=O) groups excluding carboxylic acids is 2. The molecule has 0 saturated carbocycles. The van der Waals surface area contributed by atoms with Crippen LogP contribution in [0.25, 0.3) is 0 Å². The number of nitrogens with zero attached hydrogens (tertiary/aromatic N) is 4. The van der Waals surface area contributed by atoms with Crippen molar-refractivity contribution in [2.75, 3.05) is 31.5 Å². The van der Waals surface area contributed by atoms with E-state index in [-0.39, 0.29) is 11.8 Å². The van der Waals surface area contributed by atoms with Crippen molar-refractivity contribution in [3.05, 3.63) is 47.7 Å². The highest BCUT2D eigenvalue weighted by molar-refractivity contribution is 5.92. The number of aromatic nitrogens is 2. The minimum atomic E-state index is -0.154. The molecule has 7 heteroatoms. The van der Waals surface area contributed by atoms with Crippen LogP contribution in [-0.4, -0.2) is 58.0 Å². The maximum absolute atomic E-state index is 12.5. The van der Waals surface area contributed by atoms with Gasteiger partial charge in [0.05, 0.1) is 0 Å². The lowest BCUT2D eigenvalue weighted by molar-refractivity contribution is -0.130. The van der Waals surface area contributed by atoms with Crippen molar-refractivity contribution in [1.82, 2.24) is 20.0 Å². The van der Waals surface area contributed by atoms with Gasteiger partial charge >= 0.3 is 0 Å². The Bertz CT molecular complexity index is 767. The molecule has 3 rings (SSSR count). The Morgan fingerprint density at radius 2 is 1.64 bits per heavy atom. The van der Waals surface area contributed by atoms with Crippen LogP contribution < -0.4 is 5.32 Å². The molecule has 1 aliphatic heterocycles. The average Bonchev–Trinajstić information content (AvgIpc) is 2.64. The summed E-state index contributed by atoms with van der Waals surface area (Å²) in [5, 5.41) is 11.3. The van der Waals surface area contributed by atoms with Crippen LogP contribution in [0, 0.1) is 6.92 Å². The maximum Gasteiger partial charge on any atom is 0.274 e. The number of rotatable bonds is 3. The van der Waals surface area contributed by atoms with Crippen molar-refractivity contribution in [2.24, 2.45) is 0 Å². The quantitative estimate of drug-likeness (QED) is 0.923. The normalized spacial score (nSPS) is 14.3. The van der Waals surface area contributed by atoms with E-state index in [4.69, 9.17) is 0 Å². The zero-order chi connectivity index (χ0) is 17.8. The van der Waals surface area contributed by atoms with Gasteiger partial charge in [-0.25, -0.2) is 0 Å². The van der Waals surface area contributed by atoms with E-state index in [0.29, 0.717) is 37.7 Å². The smallest absolute Gasteiger partial charge is 0.274 e. The van der Waals surface area contributed by atoms with Crippen LogP contribution in [0.2, 0.25) is 0 Å². The van der Waals surface area contributed by atoms with Gasteiger partial charge < -0.3 is 15.1 Å². The Balaban J connectivity index is 1.63. The summed E-state index contributed by atoms with van der Waals surface area (Å²) in [5.74, 6) is 0.476. The molecule has 2 aromatic rings. The maximum atomic E-state index is 12.5. The third-order valence-corrected chi connectivity index (χ3v) is 4.30. The Hall–Kier alpha value is -2.96. The van der Waals surface area contributed by atoms with Crippen molar-refractivity contribution in [3.63, 3.8) is 0 Å². The van der Waals surface area contributed by atoms with Crippen LogP contribution in [0.5, 0.6) is 0 Å². The highest BCUT2D eigenvalue weighted by atomic mass is 16.2. The predicted octanol–water partition coefficient (Wildman–Crippen LogP) is 1.83. The van der Waals surface area contributed by atoms with E-state index in [1.807, 2.05) is 31.2 Å². The van der Waals surface area contributed by atoms with Gasteiger partial charge in [0.25, 0.3) is 5.91 Å². The molecule has 7 nitrogen and oxygen atoms in total. The number of para-hydroxylation sites is 1. The molecule has 0 spiro atoms. The van der Waals surface area contributed by atoms with Crippen LogP contribution in [0.3, 0.4) is 0 Å². The molecule has 0 atom stereocenters. The molecule has 0 aliphatic carbocycles. The molecule has 25 heavy (non-hydrogen) atoms. The summed E-state index contributed by atoms with van der Waals surface area (Å²) in [5.41, 5.74) is 2.37. The van der Waals surface area contributed by atoms with Crippen molar-refractivity contribution in [1.29, 1.82) is 0 Å². The molecular formula is C18H21N5O2. The lowest BCUT2D eigenvalue weighted by Crippen LogP contribution is -2.50. The first-order valence-electron chi connectivity index (χ1n) is 8.26. The number of hydrogen-bond donors (Lipinski definition) is 1. The second-order valence-corrected chi connectivity index (χ2v) is 6.04. The molecule has 1 fully saturated rings. The second kappa shape index (κ2) is 7.29. The SMILES string of the molecule is CC(=O)N1CCN(C(=O)c2ccc(Nc3ccccc3C)nn2)CC1. The molecule has 0 unspecified atom stereocenters. The summed E-state index contributed by atoms with van der Waals surface area (Å²) >= 11 is 0. The number of piperazine rings is 1. The summed E-state index contributed by atoms with van der Waals surface area (Å²) in [7, 11) is 0. The molecule has 1 saturated heterocycles. The number of anilines is 2. The van der Waals surface area contributed by atoms with Gasteiger partial charge in [0, 0.05) is 38.8 Å². The predicted molar refractivity (Wildman–Crippen MR) is 94.7 cm³/mol. The lowest BCUT2D eigenvalue weighted by Gasteiger charge is -2.33. The minimum Gasteiger partial charge on any atom is -0.339 e. The van der Waals surface area contributed by atoms with Crippen molar-refractivity contribution >= 4 is 23.3 Å². The molecule has 0 radical (unpaired) electrons. The van der Waals surface area contributed by atoms with E-state index in [1.54, 1.807) is 28.9 Å². The van der Waals surface area contributed by atoms with Crippen LogP contribution in [-0.2, 0) is 4.79 Å². The van der Waals surface area contributed by atoms with Gasteiger partial charge in [-0.1, -0.05) is 18.2 Å². The molecule has 1 N–H and O–H groups in total. The summed E-state index contributed by atoms with van der Waals surface area (Å²) < 4.78 is 0. The van der Waals surface area contributed by atoms with E-state index < -0.39 is 0 Å². The van der Waals surface area contributed by atoms with E-state index in [0.717, 1.165) is 11.3 Å². The summed E-state index contributed by atoms with van der Waals surface area (Å²) in [6.07, 6.45) is 0. The van der Waals surface area contributed by atoms with E-state index in [9.17, 15) is 9.59 Å². The van der Waals surface area contributed by atoms with Crippen LogP contribution in [0.15, 0.2) is 36.4 Å². The van der Waals surface area contributed by atoms with Gasteiger partial charge in [0.2, 0.25) is 5.91 Å². The van der Waals surface area contributed by atoms with Gasteiger partial charge in [-0.05, 0) is 30.7 Å². The fourth-order valence-corrected chi connectivity index (χ4v) is 2.75. The number of nitrogens with one attached hydrogen (secondary N) is 1. The molecule has 130 valence electrons. The fraction of sp³-hybridized carbons (Fsp3) is 0.333. The van der Waals surface area contributed by atoms with E-state index in [1.165, 1.54) is 0 Å². The van der Waals surface area contributed by atoms with Crippen molar-refractivity contribution in [2.45, 2.75) is 13.8 Å². The Morgan fingerprint density at radius 1 is 0.960 bits per heavy atom. The Kier molecular flexibility index (Phi) is 4.92. The van der Waals surface area contributed by atoms with E-state index >= 15 is 0 Å². The summed E-state index contributed by atoms with van der Waals surface area (Å²) in [6.45, 7) is 5.70. The third-order valence-electron chi connectivity index (χ3n) is 4.30. The van der Waals surface area contributed by atoms with Crippen LogP contribution in [0.1, 0.15) is 23.0 Å². The molecule has 2 amide bonds. The zero-order valence-electron chi connectivity index (χ0n) is 14.4. The number of aryl methyl sites for hydroxylation is 1. The minimum absolute atomic E-state index is 0.0403. The number of benzene rings is 1. The van der Waals surface area contributed by atoms with Gasteiger partial charge in [-0.15, -0.1) is 10.2 Å². The molecule has 0 bridgehead atoms. The average molecular weight is 339 g/mol. The number of amides is 2. The first kappa shape index (κ1) is 16.9. The molecule has 1 aromatic heterocycles. The molecule has 2 heterocycles. The standard InChI is InChI=1S/C18H21N5O2/c1-13-5-3-4-6-15(13)19-17-8-7-16(20-21-17)18(25)23-11-9-22(10-12-23)14(2)24/h3-8H,9-12H2,1-2H3,(H,19,21). The lowest BCUT2D eigenvalue weighted by atomic mass is 10.2. The largest absolute Gasteiger partial charge is 0.339 e. The van der Waals surface area contributed by atoms with Gasteiger partial charge in [-0.3, -0.25) is 9.59 Å². The topological polar surface area (TPSA) is 78.4 Å². The highest BCUT2D eigenvalue weighted by Gasteiger charge is 2.24. The Labute approximate surface area is 146 Å². The van der Waals surface area contributed by atoms with Gasteiger partial charge in [0.1, 0.15) is 0 Å². The van der Waals surface area contributed by atoms with Crippen LogP contribution in [0.4, 0.5) is 11.5 Å². The monoisotopic (exact) mass is 339 g/mol. The van der Waals surface area contributed by atoms with Crippen LogP contribution >= 0.6 is 0 Å². The van der Waals surface area contributed by atoms with Gasteiger partial charge in [-0.2, -0.15) is 0 Å².